The van der Waals surface area contributed by atoms with E-state index in [1.54, 1.807) is 0 Å². The second-order valence-corrected chi connectivity index (χ2v) is 5.61. The van der Waals surface area contributed by atoms with Crippen LogP contribution in [0.1, 0.15) is 36.7 Å². The summed E-state index contributed by atoms with van der Waals surface area (Å²) in [4.78, 5) is 7.09. The Balaban J connectivity index is 1.84. The van der Waals surface area contributed by atoms with Crippen molar-refractivity contribution in [1.82, 2.24) is 14.5 Å². The van der Waals surface area contributed by atoms with Crippen molar-refractivity contribution in [2.24, 2.45) is 5.73 Å². The molecule has 2 atom stereocenters. The van der Waals surface area contributed by atoms with Crippen LogP contribution in [0.2, 0.25) is 0 Å². The average molecular weight is 234 g/mol. The first-order valence-corrected chi connectivity index (χ1v) is 6.72. The van der Waals surface area contributed by atoms with E-state index in [0.717, 1.165) is 25.9 Å². The van der Waals surface area contributed by atoms with E-state index in [2.05, 4.69) is 21.5 Å². The van der Waals surface area contributed by atoms with Crippen LogP contribution in [-0.4, -0.2) is 40.6 Å². The molecule has 1 saturated heterocycles. The predicted octanol–water partition coefficient (Wildman–Crippen LogP) is 0.966. The lowest BCUT2D eigenvalue weighted by Crippen LogP contribution is -2.34. The molecule has 2 aliphatic heterocycles. The maximum Gasteiger partial charge on any atom is 0.113 e. The maximum absolute atomic E-state index is 6.01. The lowest BCUT2D eigenvalue weighted by molar-refractivity contribution is 0.241. The second-order valence-electron chi connectivity index (χ2n) is 5.61. The van der Waals surface area contributed by atoms with Crippen molar-refractivity contribution < 1.29 is 0 Å². The van der Waals surface area contributed by atoms with Gasteiger partial charge in [-0.1, -0.05) is 0 Å². The summed E-state index contributed by atoms with van der Waals surface area (Å²) in [5, 5.41) is 0. The van der Waals surface area contributed by atoms with Crippen LogP contribution < -0.4 is 5.73 Å². The largest absolute Gasteiger partial charge is 0.332 e. The topological polar surface area (TPSA) is 47.1 Å². The Morgan fingerprint density at radius 3 is 3.06 bits per heavy atom. The first-order valence-electron chi connectivity index (χ1n) is 6.72. The lowest BCUT2D eigenvalue weighted by Gasteiger charge is -2.31. The van der Waals surface area contributed by atoms with Gasteiger partial charge in [0.1, 0.15) is 5.82 Å². The van der Waals surface area contributed by atoms with Gasteiger partial charge in [-0.2, -0.15) is 0 Å². The molecule has 1 aromatic rings. The van der Waals surface area contributed by atoms with Crippen molar-refractivity contribution in [3.8, 4) is 0 Å². The molecule has 3 rings (SSSR count). The molecule has 1 fully saturated rings. The van der Waals surface area contributed by atoms with Gasteiger partial charge in [0.2, 0.25) is 0 Å². The van der Waals surface area contributed by atoms with E-state index in [-0.39, 0.29) is 0 Å². The molecule has 0 aliphatic carbocycles. The van der Waals surface area contributed by atoms with Gasteiger partial charge in [-0.05, 0) is 32.9 Å². The van der Waals surface area contributed by atoms with Crippen molar-refractivity contribution in [1.29, 1.82) is 0 Å². The van der Waals surface area contributed by atoms with E-state index in [1.165, 1.54) is 30.9 Å². The van der Waals surface area contributed by atoms with Gasteiger partial charge in [0.15, 0.2) is 0 Å². The molecule has 0 saturated carbocycles. The van der Waals surface area contributed by atoms with Crippen molar-refractivity contribution in [3.63, 3.8) is 0 Å². The van der Waals surface area contributed by atoms with Gasteiger partial charge in [0, 0.05) is 43.4 Å². The first-order chi connectivity index (χ1) is 8.24. The fourth-order valence-corrected chi connectivity index (χ4v) is 3.22. The highest BCUT2D eigenvalue weighted by Gasteiger charge is 2.26. The highest BCUT2D eigenvalue weighted by atomic mass is 15.1. The number of nitrogens with two attached hydrogens (primary N) is 1. The standard InChI is InChI=1S/C13H22N4/c1-16-5-2-3-10(9-16)13-15-8-12-7-11(14)4-6-17(12)13/h8,10-11H,2-7,9,14H2,1H3. The number of likely N-dealkylation sites (N-methyl/N-ethyl adjacent to an activating group) is 1. The molecule has 4 heteroatoms. The summed E-state index contributed by atoms with van der Waals surface area (Å²) in [5.74, 6) is 1.93. The molecule has 4 nitrogen and oxygen atoms in total. The third-order valence-electron chi connectivity index (χ3n) is 4.15. The van der Waals surface area contributed by atoms with Crippen LogP contribution in [0.4, 0.5) is 0 Å². The number of piperidine rings is 1. The Labute approximate surface area is 103 Å². The van der Waals surface area contributed by atoms with Crippen molar-refractivity contribution in [2.45, 2.75) is 44.2 Å². The average Bonchev–Trinajstić information content (AvgIpc) is 2.71. The molecule has 94 valence electrons. The van der Waals surface area contributed by atoms with Crippen LogP contribution in [0, 0.1) is 0 Å². The minimum absolute atomic E-state index is 0.334. The van der Waals surface area contributed by atoms with Gasteiger partial charge in [-0.3, -0.25) is 0 Å². The lowest BCUT2D eigenvalue weighted by atomic mass is 9.97. The molecule has 0 spiro atoms. The Kier molecular flexibility index (Phi) is 2.92. The smallest absolute Gasteiger partial charge is 0.113 e. The number of rotatable bonds is 1. The molecule has 0 bridgehead atoms. The quantitative estimate of drug-likeness (QED) is 0.787. The predicted molar refractivity (Wildman–Crippen MR) is 68.0 cm³/mol. The third-order valence-corrected chi connectivity index (χ3v) is 4.15. The number of hydrogen-bond donors (Lipinski definition) is 1. The van der Waals surface area contributed by atoms with E-state index in [4.69, 9.17) is 5.73 Å². The number of aromatic nitrogens is 2. The number of imidazole rings is 1. The molecule has 17 heavy (non-hydrogen) atoms. The zero-order chi connectivity index (χ0) is 11.8. The van der Waals surface area contributed by atoms with Crippen LogP contribution in [-0.2, 0) is 13.0 Å². The van der Waals surface area contributed by atoms with Gasteiger partial charge in [-0.25, -0.2) is 4.98 Å². The number of hydrogen-bond acceptors (Lipinski definition) is 3. The Bertz CT molecular complexity index is 398. The molecule has 0 amide bonds. The molecule has 2 N–H and O–H groups in total. The Morgan fingerprint density at radius 1 is 1.35 bits per heavy atom. The minimum atomic E-state index is 0.334. The Hall–Kier alpha value is -0.870. The summed E-state index contributed by atoms with van der Waals surface area (Å²) < 4.78 is 2.42. The van der Waals surface area contributed by atoms with E-state index in [9.17, 15) is 0 Å². The van der Waals surface area contributed by atoms with Gasteiger partial charge in [0.25, 0.3) is 0 Å². The summed E-state index contributed by atoms with van der Waals surface area (Å²) in [6.07, 6.45) is 6.72. The fraction of sp³-hybridized carbons (Fsp3) is 0.769. The molecular weight excluding hydrogens is 212 g/mol. The monoisotopic (exact) mass is 234 g/mol. The van der Waals surface area contributed by atoms with Gasteiger partial charge in [0.05, 0.1) is 0 Å². The van der Waals surface area contributed by atoms with Crippen LogP contribution >= 0.6 is 0 Å². The molecule has 2 aliphatic rings. The van der Waals surface area contributed by atoms with Gasteiger partial charge in [-0.15, -0.1) is 0 Å². The fourth-order valence-electron chi connectivity index (χ4n) is 3.22. The zero-order valence-electron chi connectivity index (χ0n) is 10.6. The minimum Gasteiger partial charge on any atom is -0.332 e. The van der Waals surface area contributed by atoms with E-state index in [1.807, 2.05) is 6.20 Å². The third kappa shape index (κ3) is 2.11. The van der Waals surface area contributed by atoms with Crippen LogP contribution in [0.3, 0.4) is 0 Å². The molecule has 1 aromatic heterocycles. The van der Waals surface area contributed by atoms with E-state index < -0.39 is 0 Å². The normalized spacial score (nSPS) is 30.2. The number of nitrogens with zero attached hydrogens (tertiary/aromatic N) is 3. The van der Waals surface area contributed by atoms with Crippen LogP contribution in [0.15, 0.2) is 6.20 Å². The highest BCUT2D eigenvalue weighted by molar-refractivity contribution is 5.14. The maximum atomic E-state index is 6.01. The van der Waals surface area contributed by atoms with Crippen molar-refractivity contribution in [3.05, 3.63) is 17.7 Å². The Morgan fingerprint density at radius 2 is 2.24 bits per heavy atom. The van der Waals surface area contributed by atoms with Gasteiger partial charge < -0.3 is 15.2 Å². The van der Waals surface area contributed by atoms with E-state index >= 15 is 0 Å². The molecule has 0 radical (unpaired) electrons. The highest BCUT2D eigenvalue weighted by Crippen LogP contribution is 2.28. The summed E-state index contributed by atoms with van der Waals surface area (Å²) in [6, 6.07) is 0.334. The summed E-state index contributed by atoms with van der Waals surface area (Å²) in [5.41, 5.74) is 7.35. The zero-order valence-corrected chi connectivity index (χ0v) is 10.6. The van der Waals surface area contributed by atoms with Crippen LogP contribution in [0.5, 0.6) is 0 Å². The molecular formula is C13H22N4. The summed E-state index contributed by atoms with van der Waals surface area (Å²) in [6.45, 7) is 3.45. The van der Waals surface area contributed by atoms with E-state index in [0.29, 0.717) is 12.0 Å². The SMILES string of the molecule is CN1CCCC(c2ncc3n2CCC(N)C3)C1. The molecule has 2 unspecified atom stereocenters. The molecule has 0 aromatic carbocycles. The summed E-state index contributed by atoms with van der Waals surface area (Å²) >= 11 is 0. The molecule has 3 heterocycles. The first kappa shape index (κ1) is 11.2. The van der Waals surface area contributed by atoms with Gasteiger partial charge >= 0.3 is 0 Å². The number of likely N-dealkylation sites (tertiary alicyclic amines) is 1. The number of fused-ring (bicyclic) bond motifs is 1. The summed E-state index contributed by atoms with van der Waals surface area (Å²) in [7, 11) is 2.21. The van der Waals surface area contributed by atoms with Crippen LogP contribution in [0.25, 0.3) is 0 Å². The van der Waals surface area contributed by atoms with Crippen molar-refractivity contribution in [2.75, 3.05) is 20.1 Å². The second kappa shape index (κ2) is 4.42. The van der Waals surface area contributed by atoms with Crippen molar-refractivity contribution >= 4 is 0 Å².